The topological polar surface area (TPSA) is 47.9 Å². The zero-order valence-corrected chi connectivity index (χ0v) is 8.41. The monoisotopic (exact) mass is 211 g/mol. The molecule has 0 aromatic heterocycles. The first kappa shape index (κ1) is 11.2. The molecule has 0 heterocycles. The number of methoxy groups -OCH3 is 2. The van der Waals surface area contributed by atoms with Crippen LogP contribution in [-0.2, 0) is 11.3 Å². The first-order valence-corrected chi connectivity index (χ1v) is 4.17. The molecule has 0 radical (unpaired) electrons. The normalized spacial score (nSPS) is 9.27. The van der Waals surface area contributed by atoms with E-state index < -0.39 is 5.82 Å². The number of hydrogen-bond donors (Lipinski definition) is 0. The van der Waals surface area contributed by atoms with Gasteiger partial charge in [0.15, 0.2) is 11.6 Å². The average Bonchev–Trinajstić information content (AvgIpc) is 2.26. The minimum atomic E-state index is -0.520. The van der Waals surface area contributed by atoms with E-state index in [-0.39, 0.29) is 12.3 Å². The van der Waals surface area contributed by atoms with Gasteiger partial charge in [-0.05, 0) is 6.07 Å². The van der Waals surface area contributed by atoms with Gasteiger partial charge >= 0.3 is 0 Å². The highest BCUT2D eigenvalue weighted by molar-refractivity contribution is 5.43. The number of aliphatic imine (C=N–C) groups is 1. The van der Waals surface area contributed by atoms with Crippen LogP contribution in [0.2, 0.25) is 0 Å². The van der Waals surface area contributed by atoms with Crippen LogP contribution in [0, 0.1) is 5.82 Å². The summed E-state index contributed by atoms with van der Waals surface area (Å²) in [5.74, 6) is -0.104. The highest BCUT2D eigenvalue weighted by Gasteiger charge is 2.10. The number of carbonyl (C=O) groups excluding carboxylic acids is 1. The molecule has 0 aliphatic heterocycles. The molecule has 0 saturated carbocycles. The molecule has 4 nitrogen and oxygen atoms in total. The minimum Gasteiger partial charge on any atom is -0.496 e. The molecule has 0 aliphatic carbocycles. The van der Waals surface area contributed by atoms with Crippen molar-refractivity contribution in [2.45, 2.75) is 6.54 Å². The average molecular weight is 211 g/mol. The number of halogens is 1. The van der Waals surface area contributed by atoms with Crippen LogP contribution >= 0.6 is 0 Å². The van der Waals surface area contributed by atoms with Crippen LogP contribution in [0.15, 0.2) is 17.1 Å². The Kier molecular flexibility index (Phi) is 3.83. The summed E-state index contributed by atoms with van der Waals surface area (Å²) in [6.07, 6.45) is 1.40. The number of hydrogen-bond acceptors (Lipinski definition) is 4. The fraction of sp³-hybridized carbons (Fsp3) is 0.300. The summed E-state index contributed by atoms with van der Waals surface area (Å²) in [6, 6.07) is 2.63. The molecule has 0 N–H and O–H groups in total. The van der Waals surface area contributed by atoms with Gasteiger partial charge in [0.2, 0.25) is 6.08 Å². The Morgan fingerprint density at radius 3 is 2.53 bits per heavy atom. The van der Waals surface area contributed by atoms with Crippen molar-refractivity contribution in [1.29, 1.82) is 0 Å². The summed E-state index contributed by atoms with van der Waals surface area (Å²) in [7, 11) is 2.77. The first-order valence-electron chi connectivity index (χ1n) is 4.17. The molecule has 5 heteroatoms. The van der Waals surface area contributed by atoms with Crippen molar-refractivity contribution in [3.05, 3.63) is 23.5 Å². The van der Waals surface area contributed by atoms with Gasteiger partial charge in [-0.15, -0.1) is 0 Å². The van der Waals surface area contributed by atoms with Gasteiger partial charge in [0, 0.05) is 11.6 Å². The van der Waals surface area contributed by atoms with Crippen LogP contribution in [0.5, 0.6) is 11.5 Å². The van der Waals surface area contributed by atoms with Crippen molar-refractivity contribution in [2.24, 2.45) is 4.99 Å². The van der Waals surface area contributed by atoms with Gasteiger partial charge in [-0.2, -0.15) is 0 Å². The van der Waals surface area contributed by atoms with Gasteiger partial charge in [0.25, 0.3) is 0 Å². The molecular weight excluding hydrogens is 201 g/mol. The summed E-state index contributed by atoms with van der Waals surface area (Å²) in [5.41, 5.74) is 0.569. The lowest BCUT2D eigenvalue weighted by molar-refractivity contribution is 0.374. The summed E-state index contributed by atoms with van der Waals surface area (Å²) in [6.45, 7) is 0.0866. The second-order valence-corrected chi connectivity index (χ2v) is 2.71. The molecule has 0 atom stereocenters. The van der Waals surface area contributed by atoms with Crippen LogP contribution in [0.4, 0.5) is 4.39 Å². The van der Waals surface area contributed by atoms with E-state index in [1.54, 1.807) is 0 Å². The molecule has 0 amide bonds. The molecule has 15 heavy (non-hydrogen) atoms. The molecule has 0 saturated heterocycles. The van der Waals surface area contributed by atoms with Gasteiger partial charge < -0.3 is 9.47 Å². The highest BCUT2D eigenvalue weighted by atomic mass is 19.1. The van der Waals surface area contributed by atoms with Crippen LogP contribution in [0.1, 0.15) is 5.56 Å². The lowest BCUT2D eigenvalue weighted by Gasteiger charge is -2.09. The predicted octanol–water partition coefficient (Wildman–Crippen LogP) is 1.68. The summed E-state index contributed by atoms with van der Waals surface area (Å²) in [5, 5.41) is 0. The second-order valence-electron chi connectivity index (χ2n) is 2.71. The molecule has 0 spiro atoms. The van der Waals surface area contributed by atoms with E-state index in [2.05, 4.69) is 4.99 Å². The van der Waals surface area contributed by atoms with E-state index in [1.807, 2.05) is 0 Å². The summed E-state index contributed by atoms with van der Waals surface area (Å²) < 4.78 is 23.0. The van der Waals surface area contributed by atoms with Crippen LogP contribution in [-0.4, -0.2) is 20.3 Å². The first-order chi connectivity index (χ1) is 7.22. The Balaban J connectivity index is 3.15. The second kappa shape index (κ2) is 5.12. The van der Waals surface area contributed by atoms with Gasteiger partial charge in [0.05, 0.1) is 20.8 Å². The summed E-state index contributed by atoms with van der Waals surface area (Å²) in [4.78, 5) is 13.4. The standard InChI is InChI=1S/C10H10FNO3/c1-14-9-4-8(11)10(15-2)3-7(9)5-12-6-13/h3-4H,5H2,1-2H3. The van der Waals surface area contributed by atoms with Crippen molar-refractivity contribution < 1.29 is 18.7 Å². The third-order valence-electron chi connectivity index (χ3n) is 1.87. The van der Waals surface area contributed by atoms with Crippen molar-refractivity contribution in [1.82, 2.24) is 0 Å². The third-order valence-corrected chi connectivity index (χ3v) is 1.87. The quantitative estimate of drug-likeness (QED) is 0.562. The van der Waals surface area contributed by atoms with Crippen molar-refractivity contribution in [2.75, 3.05) is 14.2 Å². The molecule has 0 aliphatic rings. The van der Waals surface area contributed by atoms with Gasteiger partial charge in [-0.3, -0.25) is 0 Å². The lowest BCUT2D eigenvalue weighted by atomic mass is 10.2. The van der Waals surface area contributed by atoms with Crippen LogP contribution in [0.25, 0.3) is 0 Å². The van der Waals surface area contributed by atoms with E-state index in [0.717, 1.165) is 0 Å². The minimum absolute atomic E-state index is 0.0866. The number of benzene rings is 1. The third kappa shape index (κ3) is 2.54. The fourth-order valence-corrected chi connectivity index (χ4v) is 1.16. The molecule has 1 aromatic carbocycles. The van der Waals surface area contributed by atoms with E-state index in [4.69, 9.17) is 9.47 Å². The lowest BCUT2D eigenvalue weighted by Crippen LogP contribution is -1.95. The van der Waals surface area contributed by atoms with Gasteiger partial charge in [-0.25, -0.2) is 14.2 Å². The molecular formula is C10H10FNO3. The van der Waals surface area contributed by atoms with Crippen LogP contribution < -0.4 is 9.47 Å². The molecule has 1 aromatic rings. The molecule has 80 valence electrons. The Morgan fingerprint density at radius 2 is 2.00 bits per heavy atom. The Morgan fingerprint density at radius 1 is 1.33 bits per heavy atom. The maximum absolute atomic E-state index is 13.2. The molecule has 0 fully saturated rings. The van der Waals surface area contributed by atoms with Crippen molar-refractivity contribution in [3.63, 3.8) is 0 Å². The van der Waals surface area contributed by atoms with Crippen molar-refractivity contribution >= 4 is 6.08 Å². The molecule has 1 rings (SSSR count). The zero-order valence-electron chi connectivity index (χ0n) is 8.41. The van der Waals surface area contributed by atoms with E-state index in [1.165, 1.54) is 32.4 Å². The predicted molar refractivity (Wildman–Crippen MR) is 51.3 cm³/mol. The van der Waals surface area contributed by atoms with Gasteiger partial charge in [-0.1, -0.05) is 0 Å². The Labute approximate surface area is 86.3 Å². The number of ether oxygens (including phenoxy) is 2. The maximum atomic E-state index is 13.2. The Bertz CT molecular complexity index is 400. The fourth-order valence-electron chi connectivity index (χ4n) is 1.16. The zero-order chi connectivity index (χ0) is 11.3. The Hall–Kier alpha value is -1.87. The maximum Gasteiger partial charge on any atom is 0.235 e. The van der Waals surface area contributed by atoms with Gasteiger partial charge in [0.1, 0.15) is 5.75 Å². The largest absolute Gasteiger partial charge is 0.496 e. The summed E-state index contributed by atoms with van der Waals surface area (Å²) >= 11 is 0. The highest BCUT2D eigenvalue weighted by Crippen LogP contribution is 2.27. The smallest absolute Gasteiger partial charge is 0.235 e. The van der Waals surface area contributed by atoms with E-state index in [0.29, 0.717) is 11.3 Å². The van der Waals surface area contributed by atoms with E-state index in [9.17, 15) is 9.18 Å². The number of rotatable bonds is 4. The van der Waals surface area contributed by atoms with Crippen molar-refractivity contribution in [3.8, 4) is 11.5 Å². The van der Waals surface area contributed by atoms with E-state index >= 15 is 0 Å². The van der Waals surface area contributed by atoms with Crippen LogP contribution in [0.3, 0.4) is 0 Å². The molecule has 0 unspecified atom stereocenters. The number of nitrogens with zero attached hydrogens (tertiary/aromatic N) is 1. The molecule has 0 bridgehead atoms. The SMILES string of the molecule is COc1cc(CN=C=O)c(OC)cc1F. The number of isocyanates is 1.